The summed E-state index contributed by atoms with van der Waals surface area (Å²) in [6, 6.07) is 1.93. The average Bonchev–Trinajstić information content (AvgIpc) is 3.03. The number of carbonyl (C=O) groups is 3. The van der Waals surface area contributed by atoms with Gasteiger partial charge in [-0.3, -0.25) is 14.5 Å². The monoisotopic (exact) mass is 363 g/mol. The number of ether oxygens (including phenoxy) is 1. The van der Waals surface area contributed by atoms with E-state index >= 15 is 0 Å². The highest BCUT2D eigenvalue weighted by Crippen LogP contribution is 2.33. The first-order valence-corrected chi connectivity index (χ1v) is 8.92. The Bertz CT molecular complexity index is 746. The van der Waals surface area contributed by atoms with Crippen molar-refractivity contribution < 1.29 is 24.2 Å². The van der Waals surface area contributed by atoms with E-state index in [1.807, 2.05) is 19.9 Å². The highest BCUT2D eigenvalue weighted by Gasteiger charge is 2.48. The number of carbonyl (C=O) groups excluding carboxylic acids is 2. The van der Waals surface area contributed by atoms with E-state index in [0.717, 1.165) is 23.5 Å². The molecule has 2 aliphatic rings. The van der Waals surface area contributed by atoms with Gasteiger partial charge in [-0.15, -0.1) is 0 Å². The summed E-state index contributed by atoms with van der Waals surface area (Å²) in [6.07, 6.45) is 0.457. The summed E-state index contributed by atoms with van der Waals surface area (Å²) in [5.74, 6) is -1.06. The van der Waals surface area contributed by atoms with Crippen LogP contribution in [0.15, 0.2) is 6.07 Å². The van der Waals surface area contributed by atoms with Gasteiger partial charge in [-0.2, -0.15) is 0 Å². The summed E-state index contributed by atoms with van der Waals surface area (Å²) in [5.41, 5.74) is 2.08. The highest BCUT2D eigenvalue weighted by molar-refractivity contribution is 5.95. The van der Waals surface area contributed by atoms with Gasteiger partial charge >= 0.3 is 12.1 Å². The lowest BCUT2D eigenvalue weighted by atomic mass is 9.91. The number of hydrogen-bond donors (Lipinski definition) is 1. The predicted octanol–water partition coefficient (Wildman–Crippen LogP) is 1.64. The van der Waals surface area contributed by atoms with Crippen LogP contribution in [-0.4, -0.2) is 69.2 Å². The van der Waals surface area contributed by atoms with Gasteiger partial charge in [0.05, 0.1) is 12.1 Å². The Labute approximate surface area is 152 Å². The van der Waals surface area contributed by atoms with Crippen molar-refractivity contribution >= 4 is 18.0 Å². The Morgan fingerprint density at radius 1 is 1.27 bits per heavy atom. The quantitative estimate of drug-likeness (QED) is 0.878. The molecule has 2 aliphatic heterocycles. The van der Waals surface area contributed by atoms with Crippen LogP contribution in [0.4, 0.5) is 4.79 Å². The van der Waals surface area contributed by atoms with Gasteiger partial charge in [-0.1, -0.05) is 0 Å². The molecule has 1 spiro atoms. The third kappa shape index (κ3) is 3.15. The van der Waals surface area contributed by atoms with E-state index in [-0.39, 0.29) is 19.0 Å². The smallest absolute Gasteiger partial charge is 0.411 e. The first-order valence-electron chi connectivity index (χ1n) is 8.92. The van der Waals surface area contributed by atoms with E-state index in [1.165, 1.54) is 4.90 Å². The Morgan fingerprint density at radius 3 is 2.46 bits per heavy atom. The zero-order chi connectivity index (χ0) is 19.1. The Balaban J connectivity index is 1.66. The van der Waals surface area contributed by atoms with Crippen molar-refractivity contribution in [1.82, 2.24) is 14.4 Å². The van der Waals surface area contributed by atoms with Gasteiger partial charge in [-0.05, 0) is 26.8 Å². The molecule has 142 valence electrons. The van der Waals surface area contributed by atoms with Crippen LogP contribution in [0, 0.1) is 13.8 Å². The van der Waals surface area contributed by atoms with Crippen LogP contribution in [0.25, 0.3) is 0 Å². The molecular formula is C18H25N3O5. The number of aromatic nitrogens is 1. The molecule has 2 saturated heterocycles. The third-order valence-corrected chi connectivity index (χ3v) is 5.45. The van der Waals surface area contributed by atoms with Crippen LogP contribution >= 0.6 is 0 Å². The van der Waals surface area contributed by atoms with E-state index in [1.54, 1.807) is 4.90 Å². The van der Waals surface area contributed by atoms with E-state index in [0.29, 0.717) is 25.9 Å². The molecule has 0 saturated carbocycles. The highest BCUT2D eigenvalue weighted by atomic mass is 16.6. The molecule has 2 fully saturated rings. The number of nitrogens with zero attached hydrogens (tertiary/aromatic N) is 3. The molecule has 2 amide bonds. The normalized spacial score (nSPS) is 19.1. The Kier molecular flexibility index (Phi) is 4.68. The molecule has 1 N–H and O–H groups in total. The molecule has 3 heterocycles. The van der Waals surface area contributed by atoms with Gasteiger partial charge in [-0.25, -0.2) is 4.79 Å². The standard InChI is InChI=1S/C18H25N3O5/c1-4-21-12(2)9-14(13(21)3)16(24)19-7-5-18(6-8-19)11-20(10-15(22)23)17(25)26-18/h9H,4-8,10-11H2,1-3H3,(H,22,23). The van der Waals surface area contributed by atoms with Crippen LogP contribution in [0.2, 0.25) is 0 Å². The van der Waals surface area contributed by atoms with Gasteiger partial charge in [0.2, 0.25) is 0 Å². The van der Waals surface area contributed by atoms with Crippen molar-refractivity contribution in [2.24, 2.45) is 0 Å². The van der Waals surface area contributed by atoms with Crippen LogP contribution < -0.4 is 0 Å². The minimum atomic E-state index is -1.06. The summed E-state index contributed by atoms with van der Waals surface area (Å²) in [5, 5.41) is 8.89. The number of carboxylic acid groups (broad SMARTS) is 1. The maximum atomic E-state index is 12.9. The van der Waals surface area contributed by atoms with Gasteiger partial charge < -0.3 is 19.3 Å². The van der Waals surface area contributed by atoms with E-state index in [9.17, 15) is 14.4 Å². The van der Waals surface area contributed by atoms with Crippen LogP contribution in [0.5, 0.6) is 0 Å². The minimum Gasteiger partial charge on any atom is -0.480 e. The number of carboxylic acids is 1. The van der Waals surface area contributed by atoms with E-state index in [2.05, 4.69) is 11.5 Å². The van der Waals surface area contributed by atoms with Crippen LogP contribution in [0.3, 0.4) is 0 Å². The molecule has 0 aromatic carbocycles. The second kappa shape index (κ2) is 6.66. The second-order valence-electron chi connectivity index (χ2n) is 7.12. The largest absolute Gasteiger partial charge is 0.480 e. The van der Waals surface area contributed by atoms with Gasteiger partial charge in [0, 0.05) is 43.9 Å². The molecule has 0 aliphatic carbocycles. The molecule has 0 bridgehead atoms. The fourth-order valence-corrected chi connectivity index (χ4v) is 4.03. The molecule has 0 radical (unpaired) electrons. The summed E-state index contributed by atoms with van der Waals surface area (Å²) in [6.45, 7) is 7.72. The fraction of sp³-hybridized carbons (Fsp3) is 0.611. The second-order valence-corrected chi connectivity index (χ2v) is 7.12. The van der Waals surface area contributed by atoms with Crippen molar-refractivity contribution in [3.63, 3.8) is 0 Å². The lowest BCUT2D eigenvalue weighted by Crippen LogP contribution is -2.49. The van der Waals surface area contributed by atoms with Crippen molar-refractivity contribution in [2.75, 3.05) is 26.2 Å². The zero-order valence-electron chi connectivity index (χ0n) is 15.4. The molecule has 26 heavy (non-hydrogen) atoms. The van der Waals surface area contributed by atoms with Crippen LogP contribution in [0.1, 0.15) is 41.5 Å². The Hall–Kier alpha value is -2.51. The van der Waals surface area contributed by atoms with Gasteiger partial charge in [0.1, 0.15) is 12.1 Å². The van der Waals surface area contributed by atoms with E-state index < -0.39 is 17.7 Å². The lowest BCUT2D eigenvalue weighted by Gasteiger charge is -2.37. The summed E-state index contributed by atoms with van der Waals surface area (Å²) >= 11 is 0. The number of rotatable bonds is 4. The number of piperidine rings is 1. The molecule has 8 nitrogen and oxygen atoms in total. The fourth-order valence-electron chi connectivity index (χ4n) is 4.03. The molecule has 0 unspecified atom stereocenters. The molecule has 8 heteroatoms. The predicted molar refractivity (Wildman–Crippen MR) is 93.1 cm³/mol. The number of amides is 2. The van der Waals surface area contributed by atoms with Crippen molar-refractivity contribution in [3.05, 3.63) is 23.0 Å². The molecule has 1 aromatic heterocycles. The van der Waals surface area contributed by atoms with Crippen molar-refractivity contribution in [3.8, 4) is 0 Å². The van der Waals surface area contributed by atoms with Crippen molar-refractivity contribution in [1.29, 1.82) is 0 Å². The number of aliphatic carboxylic acids is 1. The minimum absolute atomic E-state index is 0.000587. The first-order chi connectivity index (χ1) is 12.3. The molecule has 3 rings (SSSR count). The van der Waals surface area contributed by atoms with E-state index in [4.69, 9.17) is 9.84 Å². The van der Waals surface area contributed by atoms with Gasteiger partial charge in [0.15, 0.2) is 0 Å². The lowest BCUT2D eigenvalue weighted by molar-refractivity contribution is -0.137. The molecular weight excluding hydrogens is 338 g/mol. The summed E-state index contributed by atoms with van der Waals surface area (Å²) < 4.78 is 7.60. The SMILES string of the molecule is CCn1c(C)cc(C(=O)N2CCC3(CC2)CN(CC(=O)O)C(=O)O3)c1C. The Morgan fingerprint density at radius 2 is 1.92 bits per heavy atom. The number of aryl methyl sites for hydroxylation is 1. The topological polar surface area (TPSA) is 92.1 Å². The third-order valence-electron chi connectivity index (χ3n) is 5.45. The summed E-state index contributed by atoms with van der Waals surface area (Å²) in [7, 11) is 0. The average molecular weight is 363 g/mol. The number of likely N-dealkylation sites (tertiary alicyclic amines) is 1. The summed E-state index contributed by atoms with van der Waals surface area (Å²) in [4.78, 5) is 38.7. The molecule has 0 atom stereocenters. The maximum Gasteiger partial charge on any atom is 0.411 e. The maximum absolute atomic E-state index is 12.9. The zero-order valence-corrected chi connectivity index (χ0v) is 15.4. The first kappa shape index (κ1) is 18.3. The van der Waals surface area contributed by atoms with Crippen LogP contribution in [-0.2, 0) is 16.1 Å². The number of hydrogen-bond acceptors (Lipinski definition) is 4. The van der Waals surface area contributed by atoms with Gasteiger partial charge in [0.25, 0.3) is 5.91 Å². The molecule has 1 aromatic rings. The van der Waals surface area contributed by atoms with Crippen molar-refractivity contribution in [2.45, 2.75) is 45.8 Å².